The molecule has 0 aliphatic carbocycles. The predicted molar refractivity (Wildman–Crippen MR) is 98.7 cm³/mol. The van der Waals surface area contributed by atoms with Gasteiger partial charge in [-0.15, -0.1) is 18.3 Å². The first-order chi connectivity index (χ1) is 11.2. The van der Waals surface area contributed by atoms with Crippen LogP contribution in [-0.4, -0.2) is 36.7 Å². The second-order valence-electron chi connectivity index (χ2n) is 6.16. The van der Waals surface area contributed by atoms with Gasteiger partial charge in [0.1, 0.15) is 0 Å². The van der Waals surface area contributed by atoms with E-state index in [0.29, 0.717) is 12.3 Å². The lowest BCUT2D eigenvalue weighted by Gasteiger charge is -2.32. The zero-order chi connectivity index (χ0) is 16.5. The van der Waals surface area contributed by atoms with Gasteiger partial charge in [-0.2, -0.15) is 0 Å². The largest absolute Gasteiger partial charge is 0.356 e. The van der Waals surface area contributed by atoms with Crippen molar-refractivity contribution in [3.05, 3.63) is 42.5 Å². The fraction of sp³-hybridized carbons (Fsp3) is 0.526. The quantitative estimate of drug-likeness (QED) is 0.582. The molecule has 1 aromatic rings. The molecule has 1 aliphatic heterocycles. The number of hydrogen-bond acceptors (Lipinski definition) is 3. The summed E-state index contributed by atoms with van der Waals surface area (Å²) in [6, 6.07) is 8.67. The highest BCUT2D eigenvalue weighted by atomic mass is 32.2. The van der Waals surface area contributed by atoms with Crippen molar-refractivity contribution in [1.82, 2.24) is 10.2 Å². The number of benzene rings is 1. The van der Waals surface area contributed by atoms with Crippen LogP contribution in [-0.2, 0) is 11.3 Å². The number of nitrogens with zero attached hydrogens (tertiary/aromatic N) is 1. The lowest BCUT2D eigenvalue weighted by molar-refractivity contribution is -0.121. The molecule has 0 radical (unpaired) electrons. The Morgan fingerprint density at radius 3 is 2.83 bits per heavy atom. The zero-order valence-corrected chi connectivity index (χ0v) is 14.9. The topological polar surface area (TPSA) is 32.3 Å². The lowest BCUT2D eigenvalue weighted by Crippen LogP contribution is -2.38. The van der Waals surface area contributed by atoms with Crippen LogP contribution < -0.4 is 5.32 Å². The number of rotatable bonds is 8. The molecule has 0 spiro atoms. The summed E-state index contributed by atoms with van der Waals surface area (Å²) in [7, 11) is 0. The van der Waals surface area contributed by atoms with Gasteiger partial charge in [0, 0.05) is 24.4 Å². The Bertz CT molecular complexity index is 510. The Balaban J connectivity index is 1.71. The van der Waals surface area contributed by atoms with Gasteiger partial charge in [0.2, 0.25) is 5.91 Å². The normalized spacial score (nSPS) is 16.2. The van der Waals surface area contributed by atoms with Crippen LogP contribution in [0.5, 0.6) is 0 Å². The van der Waals surface area contributed by atoms with E-state index in [4.69, 9.17) is 0 Å². The molecule has 1 saturated heterocycles. The summed E-state index contributed by atoms with van der Waals surface area (Å²) in [5.41, 5.74) is 1.43. The van der Waals surface area contributed by atoms with Crippen LogP contribution in [0.4, 0.5) is 0 Å². The molecule has 0 atom stereocenters. The summed E-state index contributed by atoms with van der Waals surface area (Å²) >= 11 is 1.82. The Kier molecular flexibility index (Phi) is 7.69. The zero-order valence-electron chi connectivity index (χ0n) is 14.1. The van der Waals surface area contributed by atoms with Crippen LogP contribution in [0, 0.1) is 5.92 Å². The average Bonchev–Trinajstić information content (AvgIpc) is 2.59. The van der Waals surface area contributed by atoms with E-state index in [2.05, 4.69) is 47.3 Å². The maximum atomic E-state index is 11.6. The number of carbonyl (C=O) groups is 1. The van der Waals surface area contributed by atoms with Crippen molar-refractivity contribution in [3.63, 3.8) is 0 Å². The van der Waals surface area contributed by atoms with E-state index in [1.165, 1.54) is 23.3 Å². The molecule has 126 valence electrons. The highest BCUT2D eigenvalue weighted by Gasteiger charge is 2.20. The van der Waals surface area contributed by atoms with Crippen LogP contribution in [0.15, 0.2) is 41.8 Å². The van der Waals surface area contributed by atoms with Crippen molar-refractivity contribution in [3.8, 4) is 0 Å². The molecule has 23 heavy (non-hydrogen) atoms. The summed E-state index contributed by atoms with van der Waals surface area (Å²) in [5, 5.41) is 3.06. The van der Waals surface area contributed by atoms with E-state index in [0.717, 1.165) is 32.6 Å². The number of piperidine rings is 1. The molecule has 0 bridgehead atoms. The average molecular weight is 333 g/mol. The first kappa shape index (κ1) is 18.1. The summed E-state index contributed by atoms with van der Waals surface area (Å²) in [6.45, 7) is 7.75. The van der Waals surface area contributed by atoms with Gasteiger partial charge in [-0.3, -0.25) is 9.69 Å². The van der Waals surface area contributed by atoms with Crippen LogP contribution in [0.25, 0.3) is 0 Å². The molecule has 0 unspecified atom stereocenters. The molecule has 4 heteroatoms. The molecule has 2 rings (SSSR count). The summed E-state index contributed by atoms with van der Waals surface area (Å²) < 4.78 is 0. The smallest absolute Gasteiger partial charge is 0.220 e. The number of likely N-dealkylation sites (tertiary alicyclic amines) is 1. The minimum absolute atomic E-state index is 0.154. The Morgan fingerprint density at radius 1 is 1.39 bits per heavy atom. The third-order valence-corrected chi connectivity index (χ3v) is 5.30. The second kappa shape index (κ2) is 9.78. The molecule has 1 amide bonds. The number of allylic oxidation sites excluding steroid dienone is 1. The Hall–Kier alpha value is -1.26. The molecule has 0 aromatic heterocycles. The molecule has 1 heterocycles. The lowest BCUT2D eigenvalue weighted by atomic mass is 9.96. The molecular formula is C19H28N2OS. The number of amides is 1. The maximum Gasteiger partial charge on any atom is 0.220 e. The van der Waals surface area contributed by atoms with Crippen molar-refractivity contribution in [2.24, 2.45) is 5.92 Å². The number of nitrogens with one attached hydrogen (secondary N) is 1. The van der Waals surface area contributed by atoms with Crippen LogP contribution in [0.2, 0.25) is 0 Å². The number of carbonyl (C=O) groups excluding carboxylic acids is 1. The standard InChI is InChI=1S/C19H28N2OS/c1-3-4-9-19(22)20-14-16-10-12-21(13-11-16)15-17-7-5-6-8-18(17)23-2/h3,5-8,16H,1,4,9-15H2,2H3,(H,20,22). The molecule has 1 aliphatic rings. The van der Waals surface area contributed by atoms with Gasteiger partial charge in [0.05, 0.1) is 0 Å². The van der Waals surface area contributed by atoms with E-state index in [1.807, 2.05) is 11.8 Å². The van der Waals surface area contributed by atoms with Gasteiger partial charge < -0.3 is 5.32 Å². The highest BCUT2D eigenvalue weighted by molar-refractivity contribution is 7.98. The van der Waals surface area contributed by atoms with Crippen molar-refractivity contribution in [2.45, 2.75) is 37.1 Å². The van der Waals surface area contributed by atoms with Gasteiger partial charge in [-0.1, -0.05) is 24.3 Å². The van der Waals surface area contributed by atoms with Crippen LogP contribution >= 0.6 is 11.8 Å². The van der Waals surface area contributed by atoms with Gasteiger partial charge >= 0.3 is 0 Å². The van der Waals surface area contributed by atoms with Crippen LogP contribution in [0.3, 0.4) is 0 Å². The third kappa shape index (κ3) is 6.04. The van der Waals surface area contributed by atoms with Crippen molar-refractivity contribution < 1.29 is 4.79 Å². The Labute approximate surface area is 144 Å². The van der Waals surface area contributed by atoms with E-state index in [1.54, 1.807) is 6.08 Å². The Morgan fingerprint density at radius 2 is 2.13 bits per heavy atom. The van der Waals surface area contributed by atoms with E-state index in [-0.39, 0.29) is 5.91 Å². The third-order valence-electron chi connectivity index (χ3n) is 4.46. The highest BCUT2D eigenvalue weighted by Crippen LogP contribution is 2.24. The number of thioether (sulfide) groups is 1. The summed E-state index contributed by atoms with van der Waals surface area (Å²) in [6.07, 6.45) is 7.60. The molecule has 1 aromatic carbocycles. The van der Waals surface area contributed by atoms with Gasteiger partial charge in [0.25, 0.3) is 0 Å². The van der Waals surface area contributed by atoms with E-state index >= 15 is 0 Å². The first-order valence-corrected chi connectivity index (χ1v) is 9.67. The van der Waals surface area contributed by atoms with Crippen LogP contribution in [0.1, 0.15) is 31.2 Å². The van der Waals surface area contributed by atoms with Crippen molar-refractivity contribution in [2.75, 3.05) is 25.9 Å². The molecular weight excluding hydrogens is 304 g/mol. The minimum Gasteiger partial charge on any atom is -0.356 e. The van der Waals surface area contributed by atoms with Gasteiger partial charge in [-0.05, 0) is 56.2 Å². The summed E-state index contributed by atoms with van der Waals surface area (Å²) in [4.78, 5) is 15.6. The van der Waals surface area contributed by atoms with Gasteiger partial charge in [-0.25, -0.2) is 0 Å². The van der Waals surface area contributed by atoms with Crippen molar-refractivity contribution >= 4 is 17.7 Å². The molecule has 0 saturated carbocycles. The molecule has 1 fully saturated rings. The maximum absolute atomic E-state index is 11.6. The molecule has 3 nitrogen and oxygen atoms in total. The fourth-order valence-electron chi connectivity index (χ4n) is 3.00. The minimum atomic E-state index is 0.154. The second-order valence-corrected chi connectivity index (χ2v) is 7.01. The fourth-order valence-corrected chi connectivity index (χ4v) is 3.61. The SMILES string of the molecule is C=CCCC(=O)NCC1CCN(Cc2ccccc2SC)CC1. The monoisotopic (exact) mass is 332 g/mol. The number of hydrogen-bond donors (Lipinski definition) is 1. The van der Waals surface area contributed by atoms with Crippen molar-refractivity contribution in [1.29, 1.82) is 0 Å². The van der Waals surface area contributed by atoms with E-state index < -0.39 is 0 Å². The predicted octanol–water partition coefficient (Wildman–Crippen LogP) is 3.70. The van der Waals surface area contributed by atoms with Gasteiger partial charge in [0.15, 0.2) is 0 Å². The molecule has 1 N–H and O–H groups in total. The van der Waals surface area contributed by atoms with E-state index in [9.17, 15) is 4.79 Å². The first-order valence-electron chi connectivity index (χ1n) is 8.44. The summed E-state index contributed by atoms with van der Waals surface area (Å²) in [5.74, 6) is 0.774.